The van der Waals surface area contributed by atoms with Crippen LogP contribution >= 0.6 is 0 Å². The Morgan fingerprint density at radius 3 is 2.24 bits per heavy atom. The van der Waals surface area contributed by atoms with Gasteiger partial charge in [-0.3, -0.25) is 4.79 Å². The molecular formula is C40H61N3O2. The van der Waals surface area contributed by atoms with E-state index < -0.39 is 0 Å². The molecular weight excluding hydrogens is 554 g/mol. The lowest BCUT2D eigenvalue weighted by molar-refractivity contribution is -0.125. The summed E-state index contributed by atoms with van der Waals surface area (Å²) in [5, 5.41) is 13.7. The second-order valence-corrected chi connectivity index (χ2v) is 18.0. The molecule has 1 saturated heterocycles. The molecule has 5 nitrogen and oxygen atoms in total. The second kappa shape index (κ2) is 12.4. The van der Waals surface area contributed by atoms with E-state index in [-0.39, 0.29) is 27.8 Å². The van der Waals surface area contributed by atoms with Gasteiger partial charge >= 0.3 is 0 Å². The van der Waals surface area contributed by atoms with Crippen LogP contribution in [0.4, 0.5) is 0 Å². The summed E-state index contributed by atoms with van der Waals surface area (Å²) >= 11 is 0. The molecule has 1 aliphatic carbocycles. The number of rotatable bonds is 9. The van der Waals surface area contributed by atoms with Crippen LogP contribution in [-0.2, 0) is 24.2 Å². The molecule has 0 amide bonds. The molecule has 1 aromatic heterocycles. The number of hydrogen-bond donors (Lipinski definition) is 3. The average molecular weight is 616 g/mol. The number of nitrogens with one attached hydrogen (secondary N) is 3. The molecule has 2 aliphatic rings. The van der Waals surface area contributed by atoms with Gasteiger partial charge in [-0.2, -0.15) is 0 Å². The summed E-state index contributed by atoms with van der Waals surface area (Å²) in [6.07, 6.45) is 5.88. The maximum absolute atomic E-state index is 13.8. The molecule has 2 fully saturated rings. The van der Waals surface area contributed by atoms with Gasteiger partial charge in [0.1, 0.15) is 11.2 Å². The molecule has 3 N–H and O–H groups in total. The minimum absolute atomic E-state index is 0.0240. The number of carbonyl (C=O) groups excluding carboxylic acids is 1. The lowest BCUT2D eigenvalue weighted by atomic mass is 9.72. The molecule has 0 bridgehead atoms. The van der Waals surface area contributed by atoms with E-state index in [0.29, 0.717) is 23.8 Å². The summed E-state index contributed by atoms with van der Waals surface area (Å²) in [7, 11) is 0. The van der Waals surface area contributed by atoms with Crippen molar-refractivity contribution in [3.05, 3.63) is 47.0 Å². The Morgan fingerprint density at radius 2 is 1.60 bits per heavy atom. The van der Waals surface area contributed by atoms with Crippen molar-refractivity contribution in [2.75, 3.05) is 6.54 Å². The van der Waals surface area contributed by atoms with Gasteiger partial charge in [-0.25, -0.2) is 0 Å². The molecule has 3 aromatic rings. The van der Waals surface area contributed by atoms with Gasteiger partial charge in [0, 0.05) is 53.0 Å². The van der Waals surface area contributed by atoms with Crippen molar-refractivity contribution in [1.82, 2.24) is 16.0 Å². The lowest BCUT2D eigenvalue weighted by Gasteiger charge is -2.38. The van der Waals surface area contributed by atoms with Gasteiger partial charge in [0.2, 0.25) is 0 Å². The quantitative estimate of drug-likeness (QED) is 0.225. The maximum atomic E-state index is 13.8. The summed E-state index contributed by atoms with van der Waals surface area (Å²) in [6, 6.07) is 12.0. The predicted octanol–water partition coefficient (Wildman–Crippen LogP) is 8.74. The zero-order valence-electron chi connectivity index (χ0n) is 30.2. The van der Waals surface area contributed by atoms with Crippen molar-refractivity contribution in [3.63, 3.8) is 0 Å². The Balaban J connectivity index is 1.47. The monoisotopic (exact) mass is 615 g/mol. The van der Waals surface area contributed by atoms with Crippen molar-refractivity contribution in [1.29, 1.82) is 0 Å². The number of hydrogen-bond acceptors (Lipinski definition) is 5. The molecule has 4 unspecified atom stereocenters. The van der Waals surface area contributed by atoms with Crippen molar-refractivity contribution >= 4 is 27.7 Å². The van der Waals surface area contributed by atoms with E-state index in [9.17, 15) is 4.79 Å². The largest absolute Gasteiger partial charge is 0.455 e. The molecule has 248 valence electrons. The predicted molar refractivity (Wildman–Crippen MR) is 190 cm³/mol. The standard InChI is InChI=1S/C40H61N3O2/c1-25(2)41-24-31-26(15-16-30-29-14-12-13-27(22-37(3,4)5)34(29)45-35(30)31)21-32(38(6,7)8)33-18-20-40(43-33)19-17-28(36(40)44)23-42-39(9,10)11/h12-16,25,28,32-33,41-43H,17-24H2,1-11H3. The minimum atomic E-state index is -0.355. The van der Waals surface area contributed by atoms with Crippen LogP contribution in [-0.4, -0.2) is 35.5 Å². The van der Waals surface area contributed by atoms with Crippen molar-refractivity contribution < 1.29 is 9.21 Å². The van der Waals surface area contributed by atoms with Crippen LogP contribution in [0.1, 0.15) is 119 Å². The van der Waals surface area contributed by atoms with E-state index in [0.717, 1.165) is 62.8 Å². The number of furan rings is 1. The lowest BCUT2D eigenvalue weighted by Crippen LogP contribution is -2.52. The molecule has 1 spiro atoms. The smallest absolute Gasteiger partial charge is 0.157 e. The first-order valence-electron chi connectivity index (χ1n) is 17.6. The summed E-state index contributed by atoms with van der Waals surface area (Å²) < 4.78 is 6.87. The van der Waals surface area contributed by atoms with Crippen LogP contribution in [0.2, 0.25) is 0 Å². The molecule has 1 saturated carbocycles. The van der Waals surface area contributed by atoms with E-state index in [4.69, 9.17) is 4.42 Å². The van der Waals surface area contributed by atoms with Gasteiger partial charge in [0.25, 0.3) is 0 Å². The van der Waals surface area contributed by atoms with Crippen LogP contribution < -0.4 is 16.0 Å². The third-order valence-electron chi connectivity index (χ3n) is 10.4. The van der Waals surface area contributed by atoms with E-state index >= 15 is 0 Å². The van der Waals surface area contributed by atoms with E-state index in [2.05, 4.69) is 122 Å². The number of para-hydroxylation sites is 1. The SMILES string of the molecule is CC(C)NCc1c(CC(C2CCC3(CCC(CNC(C)(C)C)C3=O)N2)C(C)(C)C)ccc2c1oc1c(CC(C)(C)C)cccc12. The summed E-state index contributed by atoms with van der Waals surface area (Å²) in [4.78, 5) is 13.8. The summed E-state index contributed by atoms with van der Waals surface area (Å²) in [5.41, 5.74) is 5.91. The van der Waals surface area contributed by atoms with Gasteiger partial charge in [0.05, 0.1) is 5.54 Å². The summed E-state index contributed by atoms with van der Waals surface area (Å²) in [6.45, 7) is 26.5. The molecule has 45 heavy (non-hydrogen) atoms. The van der Waals surface area contributed by atoms with Crippen LogP contribution in [0.5, 0.6) is 0 Å². The highest BCUT2D eigenvalue weighted by Crippen LogP contribution is 2.45. The summed E-state index contributed by atoms with van der Waals surface area (Å²) in [5.74, 6) is 0.925. The maximum Gasteiger partial charge on any atom is 0.157 e. The zero-order valence-corrected chi connectivity index (χ0v) is 30.2. The fraction of sp³-hybridized carbons (Fsp3) is 0.675. The number of Topliss-reactive ketones (excluding diaryl/α,β-unsaturated/α-hetero) is 1. The highest BCUT2D eigenvalue weighted by molar-refractivity contribution is 6.07. The van der Waals surface area contributed by atoms with Crippen molar-refractivity contribution in [2.45, 2.75) is 144 Å². The first-order chi connectivity index (χ1) is 20.9. The van der Waals surface area contributed by atoms with E-state index in [1.165, 1.54) is 27.5 Å². The van der Waals surface area contributed by atoms with Crippen LogP contribution in [0.25, 0.3) is 21.9 Å². The minimum Gasteiger partial charge on any atom is -0.455 e. The van der Waals surface area contributed by atoms with Crippen LogP contribution in [0.15, 0.2) is 34.7 Å². The Labute approximate surface area is 273 Å². The molecule has 0 radical (unpaired) electrons. The van der Waals surface area contributed by atoms with Gasteiger partial charge in [-0.15, -0.1) is 0 Å². The van der Waals surface area contributed by atoms with Crippen molar-refractivity contribution in [3.8, 4) is 0 Å². The molecule has 1 aliphatic heterocycles. The Morgan fingerprint density at radius 1 is 0.911 bits per heavy atom. The van der Waals surface area contributed by atoms with Gasteiger partial charge in [0.15, 0.2) is 5.78 Å². The van der Waals surface area contributed by atoms with Crippen molar-refractivity contribution in [2.24, 2.45) is 22.7 Å². The fourth-order valence-corrected chi connectivity index (χ4v) is 7.99. The van der Waals surface area contributed by atoms with Crippen LogP contribution in [0.3, 0.4) is 0 Å². The van der Waals surface area contributed by atoms with E-state index in [1.807, 2.05) is 0 Å². The Bertz CT molecular complexity index is 1510. The fourth-order valence-electron chi connectivity index (χ4n) is 7.99. The number of fused-ring (bicyclic) bond motifs is 3. The number of carbonyl (C=O) groups is 1. The highest BCUT2D eigenvalue weighted by atomic mass is 16.3. The first kappa shape index (κ1) is 34.1. The first-order valence-corrected chi connectivity index (χ1v) is 17.6. The van der Waals surface area contributed by atoms with E-state index in [1.54, 1.807) is 0 Å². The normalized spacial score (nSPS) is 23.8. The topological polar surface area (TPSA) is 66.3 Å². The zero-order chi connectivity index (χ0) is 32.9. The third kappa shape index (κ3) is 7.52. The average Bonchev–Trinajstić information content (AvgIpc) is 3.59. The molecule has 5 heteroatoms. The van der Waals surface area contributed by atoms with Gasteiger partial charge < -0.3 is 20.4 Å². The molecule has 2 aromatic carbocycles. The third-order valence-corrected chi connectivity index (χ3v) is 10.4. The number of benzene rings is 2. The Hall–Kier alpha value is -2.21. The van der Waals surface area contributed by atoms with Gasteiger partial charge in [-0.05, 0) is 87.2 Å². The highest BCUT2D eigenvalue weighted by Gasteiger charge is 2.53. The molecule has 5 rings (SSSR count). The van der Waals surface area contributed by atoms with Crippen LogP contribution in [0, 0.1) is 22.7 Å². The van der Waals surface area contributed by atoms with Gasteiger partial charge in [-0.1, -0.05) is 85.7 Å². The number of ketones is 1. The second-order valence-electron chi connectivity index (χ2n) is 18.0. The molecule has 2 heterocycles. The molecule has 4 atom stereocenters. The Kier molecular flexibility index (Phi) is 9.43.